The molecule has 4 nitrogen and oxygen atoms in total. The summed E-state index contributed by atoms with van der Waals surface area (Å²) < 4.78 is 0. The normalized spacial score (nSPS) is 14.1. The van der Waals surface area contributed by atoms with Gasteiger partial charge in [0.2, 0.25) is 0 Å². The number of halogens is 1. The molecule has 0 spiro atoms. The fourth-order valence-corrected chi connectivity index (χ4v) is 2.46. The van der Waals surface area contributed by atoms with Crippen molar-refractivity contribution in [3.8, 4) is 0 Å². The van der Waals surface area contributed by atoms with Crippen LogP contribution in [0.1, 0.15) is 72.6 Å². The molecule has 0 amide bonds. The van der Waals surface area contributed by atoms with Gasteiger partial charge in [0.15, 0.2) is 5.96 Å². The highest BCUT2D eigenvalue weighted by atomic mass is 127. The number of hydrogen-bond donors (Lipinski definition) is 3. The Hall–Kier alpha value is -0.0400. The van der Waals surface area contributed by atoms with Crippen molar-refractivity contribution in [1.82, 2.24) is 10.6 Å². The minimum absolute atomic E-state index is 0. The molecule has 0 saturated carbocycles. The van der Waals surface area contributed by atoms with Crippen molar-refractivity contribution in [2.24, 2.45) is 10.9 Å². The average Bonchev–Trinajstić information content (AvgIpc) is 2.45. The van der Waals surface area contributed by atoms with Crippen LogP contribution in [0.15, 0.2) is 4.99 Å². The molecule has 0 bridgehead atoms. The van der Waals surface area contributed by atoms with Gasteiger partial charge in [0.05, 0.1) is 0 Å². The van der Waals surface area contributed by atoms with Gasteiger partial charge >= 0.3 is 0 Å². The number of hydrogen-bond acceptors (Lipinski definition) is 2. The third kappa shape index (κ3) is 13.6. The van der Waals surface area contributed by atoms with Crippen LogP contribution in [-0.4, -0.2) is 36.8 Å². The Morgan fingerprint density at radius 3 is 2.32 bits per heavy atom. The number of aliphatic hydroxyl groups is 1. The second-order valence-electron chi connectivity index (χ2n) is 5.93. The monoisotopic (exact) mass is 427 g/mol. The molecular weight excluding hydrogens is 389 g/mol. The molecule has 0 aromatic heterocycles. The van der Waals surface area contributed by atoms with Crippen LogP contribution >= 0.6 is 24.0 Å². The summed E-state index contributed by atoms with van der Waals surface area (Å²) in [6, 6.07) is 0.455. The van der Waals surface area contributed by atoms with Crippen molar-refractivity contribution in [3.05, 3.63) is 0 Å². The zero-order chi connectivity index (χ0) is 15.9. The molecule has 0 radical (unpaired) electrons. The standard InChI is InChI=1S/C17H37N3O.HI/c1-5-8-9-11-15(4)20-17(18-7-3)19-14-16(10-6-2)12-13-21;/h15-16,21H,5-14H2,1-4H3,(H2,18,19,20);1H. The van der Waals surface area contributed by atoms with Crippen LogP contribution < -0.4 is 10.6 Å². The number of unbranched alkanes of at least 4 members (excludes halogenated alkanes) is 2. The SMILES string of the molecule is CCCCCC(C)NC(=NCC(CCC)CCO)NCC.I. The first kappa shape index (κ1) is 24.2. The summed E-state index contributed by atoms with van der Waals surface area (Å²) >= 11 is 0. The molecule has 0 fully saturated rings. The van der Waals surface area contributed by atoms with Gasteiger partial charge in [0.1, 0.15) is 0 Å². The molecule has 22 heavy (non-hydrogen) atoms. The fraction of sp³-hybridized carbons (Fsp3) is 0.941. The molecule has 0 aliphatic rings. The van der Waals surface area contributed by atoms with Crippen molar-refractivity contribution >= 4 is 29.9 Å². The first-order valence-electron chi connectivity index (χ1n) is 8.83. The Kier molecular flexibility index (Phi) is 19.1. The number of aliphatic imine (C=N–C) groups is 1. The van der Waals surface area contributed by atoms with E-state index in [-0.39, 0.29) is 30.6 Å². The summed E-state index contributed by atoms with van der Waals surface area (Å²) in [6.07, 6.45) is 8.16. The van der Waals surface area contributed by atoms with Gasteiger partial charge in [-0.3, -0.25) is 4.99 Å². The number of guanidine groups is 1. The predicted molar refractivity (Wildman–Crippen MR) is 108 cm³/mol. The highest BCUT2D eigenvalue weighted by Crippen LogP contribution is 2.11. The van der Waals surface area contributed by atoms with Gasteiger partial charge in [0.25, 0.3) is 0 Å². The van der Waals surface area contributed by atoms with Gasteiger partial charge in [-0.25, -0.2) is 0 Å². The Bertz CT molecular complexity index is 256. The van der Waals surface area contributed by atoms with Gasteiger partial charge in [-0.05, 0) is 39.0 Å². The Morgan fingerprint density at radius 2 is 1.77 bits per heavy atom. The molecule has 0 rings (SSSR count). The lowest BCUT2D eigenvalue weighted by atomic mass is 10.0. The minimum atomic E-state index is 0. The van der Waals surface area contributed by atoms with Crippen LogP contribution in [-0.2, 0) is 0 Å². The lowest BCUT2D eigenvalue weighted by molar-refractivity contribution is 0.253. The van der Waals surface area contributed by atoms with E-state index in [1.54, 1.807) is 0 Å². The van der Waals surface area contributed by atoms with Crippen molar-refractivity contribution in [1.29, 1.82) is 0 Å². The van der Waals surface area contributed by atoms with E-state index in [1.807, 2.05) is 0 Å². The molecule has 0 heterocycles. The minimum Gasteiger partial charge on any atom is -0.396 e. The maximum absolute atomic E-state index is 9.12. The van der Waals surface area contributed by atoms with E-state index < -0.39 is 0 Å². The maximum atomic E-state index is 9.12. The third-order valence-corrected chi connectivity index (χ3v) is 3.71. The van der Waals surface area contributed by atoms with Gasteiger partial charge < -0.3 is 15.7 Å². The van der Waals surface area contributed by atoms with Crippen molar-refractivity contribution in [3.63, 3.8) is 0 Å². The molecule has 0 aliphatic carbocycles. The van der Waals surface area contributed by atoms with Crippen molar-refractivity contribution in [2.75, 3.05) is 19.7 Å². The summed E-state index contributed by atoms with van der Waals surface area (Å²) in [7, 11) is 0. The number of nitrogens with one attached hydrogen (secondary N) is 2. The van der Waals surface area contributed by atoms with Crippen molar-refractivity contribution < 1.29 is 5.11 Å². The third-order valence-electron chi connectivity index (χ3n) is 3.71. The van der Waals surface area contributed by atoms with Gasteiger partial charge in [-0.15, -0.1) is 24.0 Å². The summed E-state index contributed by atoms with van der Waals surface area (Å²) in [4.78, 5) is 4.70. The summed E-state index contributed by atoms with van der Waals surface area (Å²) in [5, 5.41) is 15.9. The smallest absolute Gasteiger partial charge is 0.191 e. The molecular formula is C17H38IN3O. The van der Waals surface area contributed by atoms with Gasteiger partial charge in [0, 0.05) is 25.7 Å². The molecule has 5 heteroatoms. The van der Waals surface area contributed by atoms with E-state index in [0.29, 0.717) is 12.0 Å². The van der Waals surface area contributed by atoms with E-state index in [1.165, 1.54) is 25.7 Å². The number of nitrogens with zero attached hydrogens (tertiary/aromatic N) is 1. The largest absolute Gasteiger partial charge is 0.396 e. The summed E-state index contributed by atoms with van der Waals surface area (Å²) in [5.74, 6) is 1.41. The molecule has 0 aliphatic heterocycles. The van der Waals surface area contributed by atoms with Crippen LogP contribution in [0.4, 0.5) is 0 Å². The molecule has 2 unspecified atom stereocenters. The lowest BCUT2D eigenvalue weighted by Gasteiger charge is -2.19. The Balaban J connectivity index is 0. The Morgan fingerprint density at radius 1 is 1.05 bits per heavy atom. The average molecular weight is 427 g/mol. The van der Waals surface area contributed by atoms with Crippen LogP contribution in [0.2, 0.25) is 0 Å². The highest BCUT2D eigenvalue weighted by Gasteiger charge is 2.09. The molecule has 0 aromatic rings. The second kappa shape index (κ2) is 17.3. The van der Waals surface area contributed by atoms with E-state index in [4.69, 9.17) is 10.1 Å². The first-order chi connectivity index (χ1) is 10.2. The summed E-state index contributed by atoms with van der Waals surface area (Å²) in [6.45, 7) is 10.7. The first-order valence-corrected chi connectivity index (χ1v) is 8.83. The maximum Gasteiger partial charge on any atom is 0.191 e. The van der Waals surface area contributed by atoms with E-state index in [2.05, 4.69) is 38.3 Å². The van der Waals surface area contributed by atoms with Gasteiger partial charge in [-0.2, -0.15) is 0 Å². The van der Waals surface area contributed by atoms with Crippen LogP contribution in [0.5, 0.6) is 0 Å². The topological polar surface area (TPSA) is 56.7 Å². The molecule has 3 N–H and O–H groups in total. The molecule has 134 valence electrons. The summed E-state index contributed by atoms with van der Waals surface area (Å²) in [5.41, 5.74) is 0. The fourth-order valence-electron chi connectivity index (χ4n) is 2.46. The second-order valence-corrected chi connectivity index (χ2v) is 5.93. The zero-order valence-electron chi connectivity index (χ0n) is 15.0. The zero-order valence-corrected chi connectivity index (χ0v) is 17.4. The van der Waals surface area contributed by atoms with Crippen LogP contribution in [0.3, 0.4) is 0 Å². The van der Waals surface area contributed by atoms with Crippen molar-refractivity contribution in [2.45, 2.75) is 78.7 Å². The molecule has 0 aromatic carbocycles. The van der Waals surface area contributed by atoms with E-state index in [0.717, 1.165) is 38.3 Å². The Labute approximate surface area is 155 Å². The number of rotatable bonds is 12. The predicted octanol–water partition coefficient (Wildman–Crippen LogP) is 3.93. The quantitative estimate of drug-likeness (QED) is 0.192. The number of aliphatic hydroxyl groups excluding tert-OH is 1. The van der Waals surface area contributed by atoms with E-state index in [9.17, 15) is 0 Å². The van der Waals surface area contributed by atoms with Crippen LogP contribution in [0, 0.1) is 5.92 Å². The lowest BCUT2D eigenvalue weighted by Crippen LogP contribution is -2.42. The highest BCUT2D eigenvalue weighted by molar-refractivity contribution is 14.0. The van der Waals surface area contributed by atoms with E-state index >= 15 is 0 Å². The van der Waals surface area contributed by atoms with Gasteiger partial charge in [-0.1, -0.05) is 39.5 Å². The molecule has 0 saturated heterocycles. The molecule has 2 atom stereocenters. The van der Waals surface area contributed by atoms with Crippen LogP contribution in [0.25, 0.3) is 0 Å².